The Labute approximate surface area is 225 Å². The van der Waals surface area contributed by atoms with Crippen LogP contribution in [0.3, 0.4) is 0 Å². The number of hydrogen-bond donors (Lipinski definition) is 4. The molecule has 0 bridgehead atoms. The molecule has 1 aliphatic carbocycles. The highest BCUT2D eigenvalue weighted by atomic mass is 35.5. The highest BCUT2D eigenvalue weighted by molar-refractivity contribution is 6.38. The van der Waals surface area contributed by atoms with Crippen molar-refractivity contribution < 1.29 is 37.1 Å². The van der Waals surface area contributed by atoms with Crippen LogP contribution in [0.1, 0.15) is 43.4 Å². The molecule has 3 rings (SSSR count). The third-order valence-electron chi connectivity index (χ3n) is 5.91. The number of rotatable bonds is 11. The molecule has 1 unspecified atom stereocenters. The van der Waals surface area contributed by atoms with Gasteiger partial charge < -0.3 is 15.7 Å². The molecule has 0 heterocycles. The molecule has 2 aromatic carbocycles. The lowest BCUT2D eigenvalue weighted by Crippen LogP contribution is -2.55. The highest BCUT2D eigenvalue weighted by Crippen LogP contribution is 2.35. The van der Waals surface area contributed by atoms with Crippen molar-refractivity contribution >= 4 is 40.8 Å². The van der Waals surface area contributed by atoms with Gasteiger partial charge in [0, 0.05) is 6.04 Å². The van der Waals surface area contributed by atoms with Crippen molar-refractivity contribution in [2.45, 2.75) is 63.0 Å². The Morgan fingerprint density at radius 1 is 1.05 bits per heavy atom. The van der Waals surface area contributed by atoms with Gasteiger partial charge in [-0.25, -0.2) is 4.39 Å². The van der Waals surface area contributed by atoms with Crippen LogP contribution in [0.25, 0.3) is 0 Å². The first-order chi connectivity index (χ1) is 17.8. The van der Waals surface area contributed by atoms with Crippen LogP contribution in [-0.4, -0.2) is 47.0 Å². The summed E-state index contributed by atoms with van der Waals surface area (Å²) in [5.41, 5.74) is -0.151. The second kappa shape index (κ2) is 12.3. The van der Waals surface area contributed by atoms with Gasteiger partial charge in [-0.1, -0.05) is 42.3 Å². The van der Waals surface area contributed by atoms with E-state index < -0.39 is 59.9 Å². The van der Waals surface area contributed by atoms with Gasteiger partial charge in [0.2, 0.25) is 11.7 Å². The molecule has 3 atom stereocenters. The smallest absolute Gasteiger partial charge is 0.407 e. The highest BCUT2D eigenvalue weighted by Gasteiger charge is 2.43. The minimum atomic E-state index is -4.90. The zero-order valence-corrected chi connectivity index (χ0v) is 21.6. The number of alkyl halides is 3. The summed E-state index contributed by atoms with van der Waals surface area (Å²) in [6, 6.07) is 0.646. The monoisotopic (exact) mass is 577 g/mol. The fourth-order valence-corrected chi connectivity index (χ4v) is 4.23. The molecule has 38 heavy (non-hydrogen) atoms. The summed E-state index contributed by atoms with van der Waals surface area (Å²) in [4.78, 5) is 38.1. The number of phenolic OH excluding ortho intramolecular Hbond substituents is 1. The predicted octanol–water partition coefficient (Wildman–Crippen LogP) is 4.38. The average Bonchev–Trinajstić information content (AvgIpc) is 3.66. The van der Waals surface area contributed by atoms with E-state index in [2.05, 4.69) is 16.0 Å². The van der Waals surface area contributed by atoms with Crippen LogP contribution in [0.2, 0.25) is 10.0 Å². The molecule has 2 amide bonds. The lowest BCUT2D eigenvalue weighted by molar-refractivity contribution is -0.161. The molecule has 4 N–H and O–H groups in total. The lowest BCUT2D eigenvalue weighted by Gasteiger charge is -2.28. The summed E-state index contributed by atoms with van der Waals surface area (Å²) in [6.45, 7) is 1.53. The summed E-state index contributed by atoms with van der Waals surface area (Å²) in [5.74, 6) is -4.00. The Morgan fingerprint density at radius 3 is 2.13 bits per heavy atom. The van der Waals surface area contributed by atoms with Crippen LogP contribution in [0.4, 0.5) is 17.6 Å². The molecular formula is C25H25Cl2F4N3O4. The van der Waals surface area contributed by atoms with Crippen molar-refractivity contribution in [3.8, 4) is 5.75 Å². The summed E-state index contributed by atoms with van der Waals surface area (Å²) in [6.07, 6.45) is -3.82. The molecule has 1 aliphatic rings. The SMILES string of the molecule is CC[C@H](NC(=O)C(Cc1cc(Cl)c(O)c(Cl)c1)N[C@@H](c1ccc(F)cc1)C(F)(F)F)C(=O)C(=O)NC1CC1. The van der Waals surface area contributed by atoms with Gasteiger partial charge in [-0.15, -0.1) is 0 Å². The lowest BCUT2D eigenvalue weighted by atomic mass is 10.00. The van der Waals surface area contributed by atoms with E-state index >= 15 is 0 Å². The molecule has 206 valence electrons. The van der Waals surface area contributed by atoms with E-state index in [0.717, 1.165) is 37.1 Å². The maximum absolute atomic E-state index is 14.1. The number of nitrogens with one attached hydrogen (secondary N) is 3. The van der Waals surface area contributed by atoms with Gasteiger partial charge in [0.1, 0.15) is 11.9 Å². The zero-order valence-electron chi connectivity index (χ0n) is 20.0. The summed E-state index contributed by atoms with van der Waals surface area (Å²) in [7, 11) is 0. The molecule has 13 heteroatoms. The minimum absolute atomic E-state index is 0.00685. The van der Waals surface area contributed by atoms with Crippen LogP contribution < -0.4 is 16.0 Å². The molecule has 0 radical (unpaired) electrons. The van der Waals surface area contributed by atoms with Gasteiger partial charge in [-0.3, -0.25) is 19.7 Å². The molecule has 1 saturated carbocycles. The number of halogens is 6. The number of carbonyl (C=O) groups is 3. The molecule has 0 spiro atoms. The predicted molar refractivity (Wildman–Crippen MR) is 132 cm³/mol. The van der Waals surface area contributed by atoms with Gasteiger partial charge in [-0.2, -0.15) is 13.2 Å². The maximum Gasteiger partial charge on any atom is 0.407 e. The average molecular weight is 578 g/mol. The zero-order chi connectivity index (χ0) is 28.2. The van der Waals surface area contributed by atoms with E-state index in [1.54, 1.807) is 0 Å². The second-order valence-corrected chi connectivity index (χ2v) is 9.75. The van der Waals surface area contributed by atoms with Crippen LogP contribution in [-0.2, 0) is 20.8 Å². The fourth-order valence-electron chi connectivity index (χ4n) is 3.70. The minimum Gasteiger partial charge on any atom is -0.505 e. The molecule has 0 saturated heterocycles. The van der Waals surface area contributed by atoms with E-state index in [1.807, 2.05) is 0 Å². The Morgan fingerprint density at radius 2 is 1.63 bits per heavy atom. The summed E-state index contributed by atoms with van der Waals surface area (Å²) < 4.78 is 55.6. The summed E-state index contributed by atoms with van der Waals surface area (Å²) in [5, 5.41) is 16.6. The van der Waals surface area contributed by atoms with E-state index in [4.69, 9.17) is 23.2 Å². The number of ketones is 1. The van der Waals surface area contributed by atoms with Crippen LogP contribution >= 0.6 is 23.2 Å². The molecule has 2 aromatic rings. The van der Waals surface area contributed by atoms with Crippen molar-refractivity contribution in [3.05, 3.63) is 63.4 Å². The second-order valence-electron chi connectivity index (χ2n) is 8.94. The summed E-state index contributed by atoms with van der Waals surface area (Å²) >= 11 is 11.9. The standard InChI is InChI=1S/C25H25Cl2F4N3O4/c1-2-18(21(36)24(38)32-15-7-8-15)34-23(37)19(11-12-9-16(26)20(35)17(27)10-12)33-22(25(29,30)31)13-3-5-14(28)6-4-13/h3-6,9-10,15,18-19,22,33,35H,2,7-8,11H2,1H3,(H,32,38)(H,34,37)/t18-,19?,22-/m0/s1. The molecular weight excluding hydrogens is 553 g/mol. The Kier molecular flexibility index (Phi) is 9.61. The normalized spacial score (nSPS) is 15.9. The number of phenols is 1. The number of benzene rings is 2. The number of carbonyl (C=O) groups excluding carboxylic acids is 3. The van der Waals surface area contributed by atoms with Gasteiger partial charge in [0.15, 0.2) is 5.75 Å². The van der Waals surface area contributed by atoms with Gasteiger partial charge >= 0.3 is 6.18 Å². The van der Waals surface area contributed by atoms with Gasteiger partial charge in [0.25, 0.3) is 5.91 Å². The van der Waals surface area contributed by atoms with Gasteiger partial charge in [-0.05, 0) is 61.1 Å². The largest absolute Gasteiger partial charge is 0.505 e. The molecule has 1 fully saturated rings. The number of hydrogen-bond acceptors (Lipinski definition) is 5. The Bertz CT molecular complexity index is 1170. The molecule has 0 aromatic heterocycles. The van der Waals surface area contributed by atoms with E-state index in [1.165, 1.54) is 19.1 Å². The molecule has 0 aliphatic heterocycles. The van der Waals surface area contributed by atoms with Crippen LogP contribution in [0, 0.1) is 5.82 Å². The first kappa shape index (κ1) is 29.7. The van der Waals surface area contributed by atoms with Crippen LogP contribution in [0.5, 0.6) is 5.75 Å². The topological polar surface area (TPSA) is 108 Å². The third kappa shape index (κ3) is 7.81. The third-order valence-corrected chi connectivity index (χ3v) is 6.49. The van der Waals surface area contributed by atoms with Gasteiger partial charge in [0.05, 0.1) is 22.1 Å². The van der Waals surface area contributed by atoms with E-state index in [0.29, 0.717) is 0 Å². The first-order valence-electron chi connectivity index (χ1n) is 11.7. The number of amides is 2. The number of Topliss-reactive ketones (excluding diaryl/α,β-unsaturated/α-hetero) is 1. The first-order valence-corrected chi connectivity index (χ1v) is 12.5. The quantitative estimate of drug-likeness (QED) is 0.234. The van der Waals surface area contributed by atoms with Crippen molar-refractivity contribution in [1.82, 2.24) is 16.0 Å². The fraction of sp³-hybridized carbons (Fsp3) is 0.400. The van der Waals surface area contributed by atoms with Crippen LogP contribution in [0.15, 0.2) is 36.4 Å². The number of aromatic hydroxyl groups is 1. The van der Waals surface area contributed by atoms with Crippen molar-refractivity contribution in [3.63, 3.8) is 0 Å². The Hall–Kier alpha value is -2.89. The van der Waals surface area contributed by atoms with E-state index in [-0.39, 0.29) is 33.6 Å². The maximum atomic E-state index is 14.1. The van der Waals surface area contributed by atoms with Crippen molar-refractivity contribution in [1.29, 1.82) is 0 Å². The van der Waals surface area contributed by atoms with Crippen molar-refractivity contribution in [2.24, 2.45) is 0 Å². The molecule has 7 nitrogen and oxygen atoms in total. The van der Waals surface area contributed by atoms with E-state index in [9.17, 15) is 37.1 Å². The Balaban J connectivity index is 1.90. The van der Waals surface area contributed by atoms with Crippen molar-refractivity contribution in [2.75, 3.05) is 0 Å².